The molecule has 0 radical (unpaired) electrons. The van der Waals surface area contributed by atoms with E-state index in [1.165, 1.54) is 12.3 Å². The van der Waals surface area contributed by atoms with Crippen LogP contribution in [0.25, 0.3) is 0 Å². The summed E-state index contributed by atoms with van der Waals surface area (Å²) in [5.41, 5.74) is -0.0163. The van der Waals surface area contributed by atoms with Crippen molar-refractivity contribution in [1.29, 1.82) is 0 Å². The molecule has 11 heavy (non-hydrogen) atoms. The minimum atomic E-state index is -3.21. The van der Waals surface area contributed by atoms with Crippen LogP contribution in [0.4, 0.5) is 0 Å². The summed E-state index contributed by atoms with van der Waals surface area (Å²) in [4.78, 5) is 18.9. The van der Waals surface area contributed by atoms with E-state index in [2.05, 4.69) is 14.7 Å². The van der Waals surface area contributed by atoms with Crippen LogP contribution in [0.5, 0.6) is 0 Å². The Kier molecular flexibility index (Phi) is 2.40. The first-order valence-corrected chi connectivity index (χ1v) is 3.91. The van der Waals surface area contributed by atoms with Crippen molar-refractivity contribution in [2.24, 2.45) is 0 Å². The molecule has 1 rings (SSSR count). The van der Waals surface area contributed by atoms with Crippen LogP contribution in [0.15, 0.2) is 12.3 Å². The first-order valence-electron chi connectivity index (χ1n) is 2.65. The van der Waals surface area contributed by atoms with Crippen LogP contribution in [-0.4, -0.2) is 21.1 Å². The third kappa shape index (κ3) is 2.18. The summed E-state index contributed by atoms with van der Waals surface area (Å²) in [6.45, 7) is 0. The fraction of sp³-hybridized carbons (Fsp3) is 0. The van der Waals surface area contributed by atoms with Crippen LogP contribution in [0, 0.1) is 0 Å². The molecular formula is C4H5N2O4P. The van der Waals surface area contributed by atoms with E-state index in [0.717, 1.165) is 0 Å². The number of hydrogen-bond acceptors (Lipinski definition) is 4. The molecule has 1 aromatic rings. The van der Waals surface area contributed by atoms with Gasteiger partial charge in [-0.05, 0) is 6.07 Å². The summed E-state index contributed by atoms with van der Waals surface area (Å²) in [7, 11) is -3.21. The number of aromatic nitrogens is 2. The van der Waals surface area contributed by atoms with Gasteiger partial charge in [0, 0.05) is 6.20 Å². The molecular weight excluding hydrogens is 171 g/mol. The van der Waals surface area contributed by atoms with E-state index in [0.29, 0.717) is 0 Å². The van der Waals surface area contributed by atoms with E-state index in [1.807, 2.05) is 0 Å². The fourth-order valence-electron chi connectivity index (χ4n) is 0.506. The zero-order valence-electron chi connectivity index (χ0n) is 5.27. The van der Waals surface area contributed by atoms with Crippen molar-refractivity contribution in [2.75, 3.05) is 0 Å². The van der Waals surface area contributed by atoms with Crippen molar-refractivity contribution < 1.29 is 18.8 Å². The Morgan fingerprint density at radius 2 is 2.55 bits per heavy atom. The van der Waals surface area contributed by atoms with Gasteiger partial charge in [0.05, 0.1) is 0 Å². The number of hydrogen-bond donors (Lipinski definition) is 2. The Labute approximate surface area is 62.1 Å². The van der Waals surface area contributed by atoms with Crippen molar-refractivity contribution in [3.8, 4) is 0 Å². The largest absolute Gasteiger partial charge is 0.389 e. The number of aromatic amines is 1. The molecule has 0 aromatic carbocycles. The molecule has 1 aromatic heterocycles. The third-order valence-corrected chi connectivity index (χ3v) is 1.25. The number of H-pyrrole nitrogens is 1. The molecule has 0 spiro atoms. The van der Waals surface area contributed by atoms with E-state index >= 15 is 0 Å². The van der Waals surface area contributed by atoms with Crippen LogP contribution in [0.3, 0.4) is 0 Å². The highest BCUT2D eigenvalue weighted by Gasteiger charge is 2.10. The lowest BCUT2D eigenvalue weighted by atomic mass is 10.5. The Morgan fingerprint density at radius 3 is 3.00 bits per heavy atom. The number of rotatable bonds is 2. The molecule has 0 amide bonds. The minimum Gasteiger partial charge on any atom is -0.389 e. The van der Waals surface area contributed by atoms with E-state index in [4.69, 9.17) is 4.89 Å². The van der Waals surface area contributed by atoms with Crippen molar-refractivity contribution >= 4 is 14.2 Å². The maximum absolute atomic E-state index is 10.7. The van der Waals surface area contributed by atoms with E-state index in [9.17, 15) is 9.36 Å². The number of carbonyl (C=O) groups excluding carboxylic acids is 1. The van der Waals surface area contributed by atoms with Crippen LogP contribution < -0.4 is 0 Å². The van der Waals surface area contributed by atoms with E-state index in [1.54, 1.807) is 0 Å². The zero-order chi connectivity index (χ0) is 8.27. The lowest BCUT2D eigenvalue weighted by Gasteiger charge is -1.93. The molecule has 0 saturated heterocycles. The van der Waals surface area contributed by atoms with Gasteiger partial charge in [0.25, 0.3) is 0 Å². The van der Waals surface area contributed by atoms with Gasteiger partial charge in [0.2, 0.25) is 0 Å². The lowest BCUT2D eigenvalue weighted by Crippen LogP contribution is -1.99. The molecule has 0 fully saturated rings. The van der Waals surface area contributed by atoms with Gasteiger partial charge in [-0.2, -0.15) is 5.10 Å². The topological polar surface area (TPSA) is 92.3 Å². The second-order valence-electron chi connectivity index (χ2n) is 1.61. The Bertz CT molecular complexity index is 270. The summed E-state index contributed by atoms with van der Waals surface area (Å²) in [6.07, 6.45) is 1.41. The van der Waals surface area contributed by atoms with Crippen molar-refractivity contribution in [3.63, 3.8) is 0 Å². The minimum absolute atomic E-state index is 0.0163. The molecule has 0 aliphatic rings. The molecule has 0 bridgehead atoms. The summed E-state index contributed by atoms with van der Waals surface area (Å²) in [6, 6.07) is 1.34. The smallest absolute Gasteiger partial charge is 0.367 e. The predicted molar refractivity (Wildman–Crippen MR) is 35.2 cm³/mol. The van der Waals surface area contributed by atoms with Gasteiger partial charge in [-0.3, -0.25) is 5.10 Å². The van der Waals surface area contributed by atoms with Crippen LogP contribution in [-0.2, 0) is 9.09 Å². The fourth-order valence-corrected chi connectivity index (χ4v) is 0.769. The summed E-state index contributed by atoms with van der Waals surface area (Å²) in [5, 5.41) is 5.80. The Hall–Kier alpha value is -1.13. The van der Waals surface area contributed by atoms with E-state index in [-0.39, 0.29) is 5.69 Å². The van der Waals surface area contributed by atoms with Crippen LogP contribution in [0.1, 0.15) is 10.5 Å². The highest BCUT2D eigenvalue weighted by molar-refractivity contribution is 7.32. The number of carbonyl (C=O) groups is 1. The molecule has 0 aliphatic carbocycles. The van der Waals surface area contributed by atoms with Crippen molar-refractivity contribution in [3.05, 3.63) is 18.0 Å². The van der Waals surface area contributed by atoms with Gasteiger partial charge in [-0.25, -0.2) is 9.36 Å². The molecule has 6 nitrogen and oxygen atoms in total. The molecule has 0 saturated carbocycles. The van der Waals surface area contributed by atoms with E-state index < -0.39 is 14.2 Å². The molecule has 0 aliphatic heterocycles. The molecule has 2 N–H and O–H groups in total. The zero-order valence-corrected chi connectivity index (χ0v) is 6.27. The van der Waals surface area contributed by atoms with Crippen molar-refractivity contribution in [2.45, 2.75) is 0 Å². The van der Waals surface area contributed by atoms with Crippen LogP contribution in [0.2, 0.25) is 0 Å². The van der Waals surface area contributed by atoms with Gasteiger partial charge >= 0.3 is 14.2 Å². The average molecular weight is 176 g/mol. The summed E-state index contributed by atoms with van der Waals surface area (Å²) >= 11 is 0. The predicted octanol–water partition coefficient (Wildman–Crippen LogP) is -0.0515. The molecule has 1 heterocycles. The first kappa shape index (κ1) is 7.97. The Morgan fingerprint density at radius 1 is 1.82 bits per heavy atom. The van der Waals surface area contributed by atoms with Gasteiger partial charge in [-0.15, -0.1) is 0 Å². The molecule has 7 heteroatoms. The third-order valence-electron chi connectivity index (χ3n) is 0.890. The molecule has 1 unspecified atom stereocenters. The maximum atomic E-state index is 10.7. The second-order valence-corrected chi connectivity index (χ2v) is 2.35. The molecule has 60 valence electrons. The van der Waals surface area contributed by atoms with Gasteiger partial charge in [0.1, 0.15) is 0 Å². The summed E-state index contributed by atoms with van der Waals surface area (Å²) < 4.78 is 14.0. The average Bonchev–Trinajstić information content (AvgIpc) is 2.35. The first-order chi connectivity index (χ1) is 5.20. The number of nitrogens with zero attached hydrogens (tertiary/aromatic N) is 1. The SMILES string of the molecule is O=C(O[PH](=O)O)c1cc[nH]n1. The van der Waals surface area contributed by atoms with Crippen LogP contribution >= 0.6 is 8.25 Å². The standard InChI is InChI=1S/C4H5N2O4P/c7-4(10-11(8)9)3-1-2-5-6-3/h1-2,11H,(H,5,6)(H,8,9). The number of nitrogens with one attached hydrogen (secondary N) is 1. The highest BCUT2D eigenvalue weighted by atomic mass is 31.1. The van der Waals surface area contributed by atoms with Crippen molar-refractivity contribution in [1.82, 2.24) is 10.2 Å². The highest BCUT2D eigenvalue weighted by Crippen LogP contribution is 2.16. The van der Waals surface area contributed by atoms with Gasteiger partial charge in [-0.1, -0.05) is 0 Å². The molecule has 1 atom stereocenters. The maximum Gasteiger partial charge on any atom is 0.367 e. The van der Waals surface area contributed by atoms with Gasteiger partial charge < -0.3 is 9.42 Å². The quantitative estimate of drug-likeness (QED) is 0.616. The monoisotopic (exact) mass is 176 g/mol. The Balaban J connectivity index is 2.64. The second kappa shape index (κ2) is 3.32. The lowest BCUT2D eigenvalue weighted by molar-refractivity contribution is 0.0724. The normalized spacial score (nSPS) is 12.5. The summed E-state index contributed by atoms with van der Waals surface area (Å²) in [5.74, 6) is -0.905. The van der Waals surface area contributed by atoms with Gasteiger partial charge in [0.15, 0.2) is 5.69 Å².